The fourth-order valence-corrected chi connectivity index (χ4v) is 3.07. The molecule has 1 aromatic heterocycles. The largest absolute Gasteiger partial charge is 0.306 e. The van der Waals surface area contributed by atoms with E-state index in [0.717, 1.165) is 17.1 Å². The van der Waals surface area contributed by atoms with Crippen LogP contribution in [-0.4, -0.2) is 15.8 Å². The van der Waals surface area contributed by atoms with Crippen LogP contribution in [0.2, 0.25) is 0 Å². The van der Waals surface area contributed by atoms with E-state index < -0.39 is 10.8 Å². The Kier molecular flexibility index (Phi) is 3.40. The van der Waals surface area contributed by atoms with E-state index in [4.69, 9.17) is 0 Å². The van der Waals surface area contributed by atoms with E-state index in [1.807, 2.05) is 0 Å². The van der Waals surface area contributed by atoms with Gasteiger partial charge < -0.3 is 5.32 Å². The quantitative estimate of drug-likeness (QED) is 0.669. The van der Waals surface area contributed by atoms with Gasteiger partial charge >= 0.3 is 0 Å². The molecule has 21 heavy (non-hydrogen) atoms. The second kappa shape index (κ2) is 5.23. The van der Waals surface area contributed by atoms with Gasteiger partial charge in [0.15, 0.2) is 5.13 Å². The number of nitro groups is 1. The molecule has 0 radical (unpaired) electrons. The Bertz CT molecular complexity index is 720. The highest BCUT2D eigenvalue weighted by molar-refractivity contribution is 7.15. The SMILES string of the molecule is Cc1ccc(C(=O)Nc2nc3c(s2)CNC3)cc1[N+](=O)[O-]. The molecule has 2 aromatic rings. The van der Waals surface area contributed by atoms with Gasteiger partial charge in [0.05, 0.1) is 10.6 Å². The maximum absolute atomic E-state index is 12.1. The number of nitro benzene ring substituents is 1. The number of carbonyl (C=O) groups is 1. The van der Waals surface area contributed by atoms with Crippen LogP contribution in [0.3, 0.4) is 0 Å². The summed E-state index contributed by atoms with van der Waals surface area (Å²) < 4.78 is 0. The van der Waals surface area contributed by atoms with E-state index in [-0.39, 0.29) is 11.3 Å². The highest BCUT2D eigenvalue weighted by Gasteiger charge is 2.19. The molecule has 8 heteroatoms. The predicted octanol–water partition coefficient (Wildman–Crippen LogP) is 2.22. The molecule has 1 amide bonds. The summed E-state index contributed by atoms with van der Waals surface area (Å²) in [6.07, 6.45) is 0. The molecule has 2 N–H and O–H groups in total. The molecule has 0 saturated heterocycles. The van der Waals surface area contributed by atoms with Crippen molar-refractivity contribution in [2.75, 3.05) is 5.32 Å². The summed E-state index contributed by atoms with van der Waals surface area (Å²) in [5, 5.41) is 17.3. The summed E-state index contributed by atoms with van der Waals surface area (Å²) in [5.41, 5.74) is 1.66. The first-order valence-electron chi connectivity index (χ1n) is 6.30. The molecule has 0 aliphatic carbocycles. The summed E-state index contributed by atoms with van der Waals surface area (Å²) >= 11 is 1.42. The van der Waals surface area contributed by atoms with E-state index in [9.17, 15) is 14.9 Å². The number of carbonyl (C=O) groups excluding carboxylic acids is 1. The maximum Gasteiger partial charge on any atom is 0.273 e. The van der Waals surface area contributed by atoms with Crippen LogP contribution in [0.4, 0.5) is 10.8 Å². The van der Waals surface area contributed by atoms with Gasteiger partial charge in [-0.2, -0.15) is 0 Å². The van der Waals surface area contributed by atoms with Crippen molar-refractivity contribution in [3.8, 4) is 0 Å². The lowest BCUT2D eigenvalue weighted by molar-refractivity contribution is -0.385. The number of amides is 1. The molecular weight excluding hydrogens is 292 g/mol. The molecule has 0 unspecified atom stereocenters. The van der Waals surface area contributed by atoms with Crippen molar-refractivity contribution in [1.29, 1.82) is 0 Å². The minimum absolute atomic E-state index is 0.0616. The number of rotatable bonds is 3. The number of nitrogens with zero attached hydrogens (tertiary/aromatic N) is 2. The Morgan fingerprint density at radius 1 is 1.48 bits per heavy atom. The molecule has 0 fully saturated rings. The lowest BCUT2D eigenvalue weighted by atomic mass is 10.1. The molecule has 0 saturated carbocycles. The molecular formula is C13H12N4O3S. The van der Waals surface area contributed by atoms with Crippen molar-refractivity contribution in [2.45, 2.75) is 20.0 Å². The lowest BCUT2D eigenvalue weighted by Crippen LogP contribution is -2.12. The lowest BCUT2D eigenvalue weighted by Gasteiger charge is -2.03. The van der Waals surface area contributed by atoms with Crippen LogP contribution in [0.25, 0.3) is 0 Å². The van der Waals surface area contributed by atoms with Crippen LogP contribution in [0.1, 0.15) is 26.5 Å². The Hall–Kier alpha value is -2.32. The van der Waals surface area contributed by atoms with Crippen molar-refractivity contribution in [3.05, 3.63) is 50.0 Å². The molecule has 2 heterocycles. The van der Waals surface area contributed by atoms with E-state index in [2.05, 4.69) is 15.6 Å². The first-order valence-corrected chi connectivity index (χ1v) is 7.12. The Morgan fingerprint density at radius 3 is 3.00 bits per heavy atom. The molecule has 108 valence electrons. The van der Waals surface area contributed by atoms with Crippen molar-refractivity contribution in [3.63, 3.8) is 0 Å². The monoisotopic (exact) mass is 304 g/mol. The number of aromatic nitrogens is 1. The first-order chi connectivity index (χ1) is 10.0. The molecule has 1 aliphatic rings. The van der Waals surface area contributed by atoms with Gasteiger partial charge in [0.2, 0.25) is 0 Å². The molecule has 0 bridgehead atoms. The average molecular weight is 304 g/mol. The zero-order chi connectivity index (χ0) is 15.0. The van der Waals surface area contributed by atoms with Gasteiger partial charge in [-0.3, -0.25) is 20.2 Å². The first kappa shape index (κ1) is 13.7. The molecule has 0 spiro atoms. The van der Waals surface area contributed by atoms with Gasteiger partial charge in [-0.05, 0) is 13.0 Å². The standard InChI is InChI=1S/C13H12N4O3S/c1-7-2-3-8(4-10(7)17(19)20)12(18)16-13-15-9-5-14-6-11(9)21-13/h2-4,14H,5-6H2,1H3,(H,15,16,18). The molecule has 1 aromatic carbocycles. The summed E-state index contributed by atoms with van der Waals surface area (Å²) in [7, 11) is 0. The second-order valence-electron chi connectivity index (χ2n) is 4.70. The summed E-state index contributed by atoms with van der Waals surface area (Å²) in [6, 6.07) is 4.42. The van der Waals surface area contributed by atoms with E-state index >= 15 is 0 Å². The third-order valence-electron chi connectivity index (χ3n) is 3.24. The maximum atomic E-state index is 12.1. The van der Waals surface area contributed by atoms with E-state index in [1.165, 1.54) is 17.4 Å². The van der Waals surface area contributed by atoms with Gasteiger partial charge in [0, 0.05) is 35.2 Å². The summed E-state index contributed by atoms with van der Waals surface area (Å²) in [6.45, 7) is 3.11. The topological polar surface area (TPSA) is 97.2 Å². The van der Waals surface area contributed by atoms with E-state index in [0.29, 0.717) is 17.2 Å². The third-order valence-corrected chi connectivity index (χ3v) is 4.26. The van der Waals surface area contributed by atoms with Crippen molar-refractivity contribution >= 4 is 28.1 Å². The van der Waals surface area contributed by atoms with Crippen LogP contribution in [0, 0.1) is 17.0 Å². The van der Waals surface area contributed by atoms with Gasteiger partial charge in [0.1, 0.15) is 0 Å². The van der Waals surface area contributed by atoms with Gasteiger partial charge in [-0.1, -0.05) is 6.07 Å². The van der Waals surface area contributed by atoms with E-state index in [1.54, 1.807) is 19.1 Å². The zero-order valence-electron chi connectivity index (χ0n) is 11.2. The predicted molar refractivity (Wildman–Crippen MR) is 78.4 cm³/mol. The van der Waals surface area contributed by atoms with Crippen molar-refractivity contribution in [2.24, 2.45) is 0 Å². The highest BCUT2D eigenvalue weighted by Crippen LogP contribution is 2.27. The smallest absolute Gasteiger partial charge is 0.273 e. The fourth-order valence-electron chi connectivity index (χ4n) is 2.12. The number of hydrogen-bond acceptors (Lipinski definition) is 6. The Morgan fingerprint density at radius 2 is 2.29 bits per heavy atom. The number of fused-ring (bicyclic) bond motifs is 1. The Balaban J connectivity index is 1.81. The third kappa shape index (κ3) is 2.63. The van der Waals surface area contributed by atoms with Crippen molar-refractivity contribution in [1.82, 2.24) is 10.3 Å². The fraction of sp³-hybridized carbons (Fsp3) is 0.231. The number of nitrogens with one attached hydrogen (secondary N) is 2. The van der Waals surface area contributed by atoms with Crippen LogP contribution in [-0.2, 0) is 13.1 Å². The number of anilines is 1. The molecule has 3 rings (SSSR count). The normalized spacial score (nSPS) is 13.0. The number of hydrogen-bond donors (Lipinski definition) is 2. The molecule has 0 atom stereocenters. The average Bonchev–Trinajstić information content (AvgIpc) is 2.99. The highest BCUT2D eigenvalue weighted by atomic mass is 32.1. The summed E-state index contributed by atoms with van der Waals surface area (Å²) in [5.74, 6) is -0.390. The van der Waals surface area contributed by atoms with Crippen molar-refractivity contribution < 1.29 is 9.72 Å². The molecule has 7 nitrogen and oxygen atoms in total. The van der Waals surface area contributed by atoms with Crippen LogP contribution in [0.15, 0.2) is 18.2 Å². The van der Waals surface area contributed by atoms with Crippen LogP contribution < -0.4 is 10.6 Å². The zero-order valence-corrected chi connectivity index (χ0v) is 12.0. The van der Waals surface area contributed by atoms with Gasteiger partial charge in [-0.15, -0.1) is 11.3 Å². The number of benzene rings is 1. The van der Waals surface area contributed by atoms with Crippen LogP contribution in [0.5, 0.6) is 0 Å². The minimum Gasteiger partial charge on any atom is -0.306 e. The minimum atomic E-state index is -0.490. The molecule has 1 aliphatic heterocycles. The van der Waals surface area contributed by atoms with Gasteiger partial charge in [-0.25, -0.2) is 4.98 Å². The second-order valence-corrected chi connectivity index (χ2v) is 5.79. The summed E-state index contributed by atoms with van der Waals surface area (Å²) in [4.78, 5) is 28.0. The number of aryl methyl sites for hydroxylation is 1. The van der Waals surface area contributed by atoms with Gasteiger partial charge in [0.25, 0.3) is 11.6 Å². The van der Waals surface area contributed by atoms with Crippen LogP contribution >= 0.6 is 11.3 Å². The number of thiazole rings is 1. The Labute approximate surface area is 124 Å².